The summed E-state index contributed by atoms with van der Waals surface area (Å²) < 4.78 is 7.33. The molecule has 1 aromatic heterocycles. The molecule has 1 N–H and O–H groups in total. The molecular weight excluding hydrogens is 474 g/mol. The predicted molar refractivity (Wildman–Crippen MR) is 120 cm³/mol. The van der Waals surface area contributed by atoms with Gasteiger partial charge in [-0.3, -0.25) is 4.79 Å². The second-order valence-corrected chi connectivity index (χ2v) is 8.02. The van der Waals surface area contributed by atoms with E-state index in [4.69, 9.17) is 21.4 Å². The van der Waals surface area contributed by atoms with Crippen LogP contribution < -0.4 is 10.3 Å². The van der Waals surface area contributed by atoms with E-state index < -0.39 is 12.6 Å². The van der Waals surface area contributed by atoms with E-state index in [1.807, 2.05) is 19.9 Å². The van der Waals surface area contributed by atoms with E-state index in [9.17, 15) is 9.59 Å². The number of carbonyl (C=O) groups is 1. The smallest absolute Gasteiger partial charge is 0.341 e. The van der Waals surface area contributed by atoms with Crippen molar-refractivity contribution in [1.29, 1.82) is 0 Å². The summed E-state index contributed by atoms with van der Waals surface area (Å²) in [6.45, 7) is 3.47. The number of ether oxygens (including phenoxy) is 1. The number of hydrogen-bond donors (Lipinski definition) is 1. The molecule has 0 amide bonds. The summed E-state index contributed by atoms with van der Waals surface area (Å²) in [5.74, 6) is -0.291. The van der Waals surface area contributed by atoms with Gasteiger partial charge in [-0.1, -0.05) is 41.4 Å². The van der Waals surface area contributed by atoms with Crippen molar-refractivity contribution in [2.24, 2.45) is 5.10 Å². The Bertz CT molecular complexity index is 1190. The normalized spacial score (nSPS) is 12.4. The molecule has 9 heteroatoms. The number of carboxylic acid groups (broad SMARTS) is 1. The topological polar surface area (TPSA) is 93.8 Å². The number of aromatic nitrogens is 2. The molecule has 0 fully saturated rings. The van der Waals surface area contributed by atoms with E-state index >= 15 is 0 Å². The third-order valence-corrected chi connectivity index (χ3v) is 5.25. The van der Waals surface area contributed by atoms with Crippen LogP contribution in [0, 0.1) is 0 Å². The number of rotatable bonds is 7. The first-order chi connectivity index (χ1) is 14.3. The molecule has 0 saturated heterocycles. The molecule has 1 atom stereocenters. The van der Waals surface area contributed by atoms with Crippen molar-refractivity contribution >= 4 is 50.6 Å². The van der Waals surface area contributed by atoms with E-state index in [0.29, 0.717) is 33.1 Å². The molecule has 0 radical (unpaired) electrons. The molecule has 0 aliphatic heterocycles. The molecule has 156 valence electrons. The molecule has 3 rings (SSSR count). The van der Waals surface area contributed by atoms with Crippen molar-refractivity contribution in [2.75, 3.05) is 6.61 Å². The summed E-state index contributed by atoms with van der Waals surface area (Å²) >= 11 is 9.45. The van der Waals surface area contributed by atoms with E-state index in [0.717, 1.165) is 10.9 Å². The van der Waals surface area contributed by atoms with Crippen LogP contribution in [0.5, 0.6) is 5.75 Å². The monoisotopic (exact) mass is 491 g/mol. The van der Waals surface area contributed by atoms with Crippen LogP contribution in [0.25, 0.3) is 10.9 Å². The van der Waals surface area contributed by atoms with Crippen LogP contribution >= 0.6 is 27.5 Å². The molecule has 7 nitrogen and oxygen atoms in total. The summed E-state index contributed by atoms with van der Waals surface area (Å²) in [6.07, 6.45) is 2.19. The zero-order valence-corrected chi connectivity index (χ0v) is 18.6. The van der Waals surface area contributed by atoms with Crippen LogP contribution in [0.4, 0.5) is 0 Å². The fourth-order valence-electron chi connectivity index (χ4n) is 2.79. The van der Waals surface area contributed by atoms with Crippen molar-refractivity contribution in [3.05, 3.63) is 67.6 Å². The quantitative estimate of drug-likeness (QED) is 0.484. The minimum atomic E-state index is -1.10. The number of nitrogens with zero attached hydrogens (tertiary/aromatic N) is 3. The second kappa shape index (κ2) is 9.40. The first-order valence-corrected chi connectivity index (χ1v) is 10.4. The summed E-state index contributed by atoms with van der Waals surface area (Å²) in [5.41, 5.74) is 0.737. The Kier molecular flexibility index (Phi) is 6.89. The molecule has 0 bridgehead atoms. The zero-order chi connectivity index (χ0) is 21.8. The summed E-state index contributed by atoms with van der Waals surface area (Å²) in [6, 6.07) is 10.1. The fourth-order valence-corrected chi connectivity index (χ4v) is 3.33. The third-order valence-electron chi connectivity index (χ3n) is 4.52. The Balaban J connectivity index is 2.14. The van der Waals surface area contributed by atoms with Crippen LogP contribution in [0.1, 0.15) is 37.6 Å². The predicted octanol–water partition coefficient (Wildman–Crippen LogP) is 4.67. The van der Waals surface area contributed by atoms with Crippen molar-refractivity contribution in [3.8, 4) is 5.75 Å². The van der Waals surface area contributed by atoms with Gasteiger partial charge in [-0.25, -0.2) is 9.78 Å². The molecule has 0 aliphatic carbocycles. The first-order valence-electron chi connectivity index (χ1n) is 9.20. The summed E-state index contributed by atoms with van der Waals surface area (Å²) in [5, 5.41) is 14.1. The van der Waals surface area contributed by atoms with Gasteiger partial charge in [0.05, 0.1) is 17.1 Å². The van der Waals surface area contributed by atoms with Crippen molar-refractivity contribution in [2.45, 2.75) is 26.2 Å². The Morgan fingerprint density at radius 3 is 2.83 bits per heavy atom. The minimum absolute atomic E-state index is 0.00927. The van der Waals surface area contributed by atoms with Crippen molar-refractivity contribution < 1.29 is 14.6 Å². The van der Waals surface area contributed by atoms with Gasteiger partial charge in [0.1, 0.15) is 11.6 Å². The van der Waals surface area contributed by atoms with Gasteiger partial charge in [-0.05, 0) is 42.8 Å². The minimum Gasteiger partial charge on any atom is -0.481 e. The number of carboxylic acids is 1. The summed E-state index contributed by atoms with van der Waals surface area (Å²) in [7, 11) is 0. The number of aliphatic carboxylic acids is 1. The van der Waals surface area contributed by atoms with Gasteiger partial charge in [-0.15, -0.1) is 0 Å². The molecule has 3 aromatic rings. The molecule has 0 spiro atoms. The third kappa shape index (κ3) is 4.88. The average Bonchev–Trinajstić information content (AvgIpc) is 2.72. The molecule has 0 saturated carbocycles. The summed E-state index contributed by atoms with van der Waals surface area (Å²) in [4.78, 5) is 28.7. The van der Waals surface area contributed by atoms with E-state index in [1.165, 1.54) is 10.9 Å². The highest BCUT2D eigenvalue weighted by atomic mass is 79.9. The van der Waals surface area contributed by atoms with E-state index in [2.05, 4.69) is 26.0 Å². The number of benzene rings is 2. The Labute approximate surface area is 186 Å². The van der Waals surface area contributed by atoms with Gasteiger partial charge in [0.25, 0.3) is 5.56 Å². The first kappa shape index (κ1) is 22.0. The number of halogens is 2. The van der Waals surface area contributed by atoms with Gasteiger partial charge >= 0.3 is 5.97 Å². The second-order valence-electron chi connectivity index (χ2n) is 6.67. The Morgan fingerprint density at radius 2 is 2.13 bits per heavy atom. The lowest BCUT2D eigenvalue weighted by Crippen LogP contribution is -2.23. The standard InChI is InChI=1S/C21H19BrClN3O4/c1-3-12(2)20-25-17-6-4-14(22)9-16(17)21(29)26(20)24-10-13-8-15(23)5-7-18(13)30-11-19(27)28/h4-10,12H,3,11H2,1-2H3,(H,27,28)/t12-/m0/s1. The zero-order valence-electron chi connectivity index (χ0n) is 16.3. The van der Waals surface area contributed by atoms with Gasteiger partial charge in [0.2, 0.25) is 0 Å². The highest BCUT2D eigenvalue weighted by Gasteiger charge is 2.16. The van der Waals surface area contributed by atoms with Crippen LogP contribution in [-0.2, 0) is 4.79 Å². The van der Waals surface area contributed by atoms with E-state index in [1.54, 1.807) is 30.3 Å². The molecule has 0 aliphatic rings. The maximum atomic E-state index is 13.2. The lowest BCUT2D eigenvalue weighted by molar-refractivity contribution is -0.139. The molecular formula is C21H19BrClN3O4. The van der Waals surface area contributed by atoms with E-state index in [-0.39, 0.29) is 11.5 Å². The van der Waals surface area contributed by atoms with Crippen LogP contribution in [0.3, 0.4) is 0 Å². The van der Waals surface area contributed by atoms with Gasteiger partial charge < -0.3 is 9.84 Å². The van der Waals surface area contributed by atoms with Gasteiger partial charge in [0, 0.05) is 21.0 Å². The maximum Gasteiger partial charge on any atom is 0.341 e. The highest BCUT2D eigenvalue weighted by molar-refractivity contribution is 9.10. The number of fused-ring (bicyclic) bond motifs is 1. The largest absolute Gasteiger partial charge is 0.481 e. The van der Waals surface area contributed by atoms with Crippen LogP contribution in [0.2, 0.25) is 5.02 Å². The van der Waals surface area contributed by atoms with Crippen molar-refractivity contribution in [3.63, 3.8) is 0 Å². The molecule has 0 unspecified atom stereocenters. The number of hydrogen-bond acceptors (Lipinski definition) is 5. The average molecular weight is 493 g/mol. The lowest BCUT2D eigenvalue weighted by Gasteiger charge is -2.14. The molecule has 1 heterocycles. The lowest BCUT2D eigenvalue weighted by atomic mass is 10.1. The highest BCUT2D eigenvalue weighted by Crippen LogP contribution is 2.23. The van der Waals surface area contributed by atoms with Gasteiger partial charge in [0.15, 0.2) is 6.61 Å². The van der Waals surface area contributed by atoms with Crippen molar-refractivity contribution in [1.82, 2.24) is 9.66 Å². The van der Waals surface area contributed by atoms with Crippen LogP contribution in [0.15, 0.2) is 50.8 Å². The molecule has 2 aromatic carbocycles. The molecule has 30 heavy (non-hydrogen) atoms. The maximum absolute atomic E-state index is 13.2. The van der Waals surface area contributed by atoms with Gasteiger partial charge in [-0.2, -0.15) is 9.78 Å². The Morgan fingerprint density at radius 1 is 1.37 bits per heavy atom. The Hall–Kier alpha value is -2.71. The van der Waals surface area contributed by atoms with Crippen LogP contribution in [-0.4, -0.2) is 33.6 Å². The fraction of sp³-hybridized carbons (Fsp3) is 0.238. The SMILES string of the molecule is CC[C@H](C)c1nc2ccc(Br)cc2c(=O)n1N=Cc1cc(Cl)ccc1OCC(=O)O.